The molecule has 0 unspecified atom stereocenters. The maximum Gasteiger partial charge on any atom is 0.139 e. The Balaban J connectivity index is 2.45. The fourth-order valence-electron chi connectivity index (χ4n) is 2.61. The molecule has 1 N–H and O–H groups in total. The summed E-state index contributed by atoms with van der Waals surface area (Å²) in [5.74, 6) is 1.43. The molecular weight excluding hydrogens is 256 g/mol. The van der Waals surface area contributed by atoms with Crippen LogP contribution in [0.4, 0.5) is 0 Å². The summed E-state index contributed by atoms with van der Waals surface area (Å²) < 4.78 is 16.4. The Morgan fingerprint density at radius 2 is 1.55 bits per heavy atom. The molecule has 1 heterocycles. The van der Waals surface area contributed by atoms with Crippen molar-refractivity contribution in [3.8, 4) is 11.5 Å². The Morgan fingerprint density at radius 1 is 0.950 bits per heavy atom. The quantitative estimate of drug-likeness (QED) is 0.794. The van der Waals surface area contributed by atoms with Crippen LogP contribution >= 0.6 is 0 Å². The largest absolute Gasteiger partial charge is 0.497 e. The summed E-state index contributed by atoms with van der Waals surface area (Å²) in [4.78, 5) is 0. The molecule has 2 aromatic carbocycles. The first-order valence-corrected chi connectivity index (χ1v) is 6.36. The molecule has 0 amide bonds. The Bertz CT molecular complexity index is 786. The standard InChI is InChI=1S/C16H16O4/c1-9-4-11(18-2)6-13-15(9)16-10(8-17)5-12(19-3)7-14(16)20-13/h4-7,17H,8H2,1-3H3. The summed E-state index contributed by atoms with van der Waals surface area (Å²) >= 11 is 0. The highest BCUT2D eigenvalue weighted by Crippen LogP contribution is 2.38. The van der Waals surface area contributed by atoms with Gasteiger partial charge < -0.3 is 19.0 Å². The fourth-order valence-corrected chi connectivity index (χ4v) is 2.61. The fraction of sp³-hybridized carbons (Fsp3) is 0.250. The van der Waals surface area contributed by atoms with Gasteiger partial charge in [-0.05, 0) is 30.2 Å². The van der Waals surface area contributed by atoms with Gasteiger partial charge in [-0.2, -0.15) is 0 Å². The molecule has 0 spiro atoms. The summed E-state index contributed by atoms with van der Waals surface area (Å²) in [7, 11) is 3.23. The molecule has 104 valence electrons. The molecule has 20 heavy (non-hydrogen) atoms. The van der Waals surface area contributed by atoms with E-state index in [4.69, 9.17) is 13.9 Å². The third kappa shape index (κ3) is 1.80. The predicted octanol–water partition coefficient (Wildman–Crippen LogP) is 3.40. The minimum Gasteiger partial charge on any atom is -0.497 e. The van der Waals surface area contributed by atoms with Gasteiger partial charge in [0.25, 0.3) is 0 Å². The van der Waals surface area contributed by atoms with Gasteiger partial charge in [0.05, 0.1) is 20.8 Å². The predicted molar refractivity (Wildman–Crippen MR) is 77.5 cm³/mol. The third-order valence-corrected chi connectivity index (χ3v) is 3.54. The van der Waals surface area contributed by atoms with Gasteiger partial charge in [0.1, 0.15) is 22.7 Å². The average Bonchev–Trinajstić information content (AvgIpc) is 2.84. The molecule has 3 aromatic rings. The molecule has 4 nitrogen and oxygen atoms in total. The lowest BCUT2D eigenvalue weighted by atomic mass is 10.0. The zero-order valence-electron chi connectivity index (χ0n) is 11.7. The van der Waals surface area contributed by atoms with Crippen LogP contribution in [0, 0.1) is 6.92 Å². The Morgan fingerprint density at radius 3 is 2.15 bits per heavy atom. The number of furan rings is 1. The number of hydrogen-bond donors (Lipinski definition) is 1. The maximum atomic E-state index is 9.60. The number of methoxy groups -OCH3 is 2. The van der Waals surface area contributed by atoms with Crippen molar-refractivity contribution >= 4 is 21.9 Å². The number of hydrogen-bond acceptors (Lipinski definition) is 4. The minimum atomic E-state index is -0.0617. The topological polar surface area (TPSA) is 51.8 Å². The van der Waals surface area contributed by atoms with E-state index in [1.54, 1.807) is 14.2 Å². The summed E-state index contributed by atoms with van der Waals surface area (Å²) in [6, 6.07) is 7.49. The normalized spacial score (nSPS) is 11.2. The van der Waals surface area contributed by atoms with Gasteiger partial charge in [0.2, 0.25) is 0 Å². The SMILES string of the molecule is COc1cc(C)c2c(c1)oc1cc(OC)cc(CO)c12. The van der Waals surface area contributed by atoms with Crippen LogP contribution in [0.15, 0.2) is 28.7 Å². The van der Waals surface area contributed by atoms with Crippen LogP contribution in [-0.2, 0) is 6.61 Å². The van der Waals surface area contributed by atoms with Crippen molar-refractivity contribution in [2.45, 2.75) is 13.5 Å². The van der Waals surface area contributed by atoms with Gasteiger partial charge >= 0.3 is 0 Å². The van der Waals surface area contributed by atoms with Crippen LogP contribution in [0.3, 0.4) is 0 Å². The van der Waals surface area contributed by atoms with Gasteiger partial charge in [0, 0.05) is 22.9 Å². The van der Waals surface area contributed by atoms with E-state index in [1.807, 2.05) is 31.2 Å². The lowest BCUT2D eigenvalue weighted by Crippen LogP contribution is -1.89. The van der Waals surface area contributed by atoms with Crippen molar-refractivity contribution in [3.05, 3.63) is 35.4 Å². The molecule has 3 rings (SSSR count). The summed E-state index contributed by atoms with van der Waals surface area (Å²) in [6.07, 6.45) is 0. The van der Waals surface area contributed by atoms with E-state index in [9.17, 15) is 5.11 Å². The van der Waals surface area contributed by atoms with Crippen LogP contribution in [-0.4, -0.2) is 19.3 Å². The van der Waals surface area contributed by atoms with Crippen molar-refractivity contribution < 1.29 is 19.0 Å². The monoisotopic (exact) mass is 272 g/mol. The molecule has 0 saturated heterocycles. The highest BCUT2D eigenvalue weighted by atomic mass is 16.5. The lowest BCUT2D eigenvalue weighted by Gasteiger charge is -2.05. The minimum absolute atomic E-state index is 0.0617. The van der Waals surface area contributed by atoms with Gasteiger partial charge in [-0.3, -0.25) is 0 Å². The van der Waals surface area contributed by atoms with Crippen molar-refractivity contribution in [3.63, 3.8) is 0 Å². The molecule has 0 saturated carbocycles. The Hall–Kier alpha value is -2.20. The summed E-state index contributed by atoms with van der Waals surface area (Å²) in [5, 5.41) is 11.5. The summed E-state index contributed by atoms with van der Waals surface area (Å²) in [6.45, 7) is 1.94. The maximum absolute atomic E-state index is 9.60. The van der Waals surface area contributed by atoms with E-state index in [1.165, 1.54) is 0 Å². The van der Waals surface area contributed by atoms with E-state index in [-0.39, 0.29) is 6.61 Å². The molecule has 0 fully saturated rings. The molecular formula is C16H16O4. The number of rotatable bonds is 3. The smallest absolute Gasteiger partial charge is 0.139 e. The van der Waals surface area contributed by atoms with Crippen LogP contribution in [0.25, 0.3) is 21.9 Å². The van der Waals surface area contributed by atoms with Crippen LogP contribution in [0.2, 0.25) is 0 Å². The zero-order valence-corrected chi connectivity index (χ0v) is 11.7. The molecule has 1 aromatic heterocycles. The second kappa shape index (κ2) is 4.72. The summed E-state index contributed by atoms with van der Waals surface area (Å²) in [5.41, 5.74) is 3.31. The van der Waals surface area contributed by atoms with E-state index < -0.39 is 0 Å². The number of aryl methyl sites for hydroxylation is 1. The number of fused-ring (bicyclic) bond motifs is 3. The van der Waals surface area contributed by atoms with Crippen molar-refractivity contribution in [2.24, 2.45) is 0 Å². The number of aliphatic hydroxyl groups excluding tert-OH is 1. The van der Waals surface area contributed by atoms with Crippen molar-refractivity contribution in [1.29, 1.82) is 0 Å². The van der Waals surface area contributed by atoms with Gasteiger partial charge in [-0.25, -0.2) is 0 Å². The highest BCUT2D eigenvalue weighted by Gasteiger charge is 2.15. The number of benzene rings is 2. The number of ether oxygens (including phenoxy) is 2. The van der Waals surface area contributed by atoms with Crippen molar-refractivity contribution in [2.75, 3.05) is 14.2 Å². The van der Waals surface area contributed by atoms with Crippen LogP contribution in [0.1, 0.15) is 11.1 Å². The number of aliphatic hydroxyl groups is 1. The third-order valence-electron chi connectivity index (χ3n) is 3.54. The second-order valence-electron chi connectivity index (χ2n) is 4.74. The Labute approximate surface area is 116 Å². The van der Waals surface area contributed by atoms with Crippen molar-refractivity contribution in [1.82, 2.24) is 0 Å². The zero-order chi connectivity index (χ0) is 14.3. The van der Waals surface area contributed by atoms with Gasteiger partial charge in [-0.15, -0.1) is 0 Å². The van der Waals surface area contributed by atoms with E-state index >= 15 is 0 Å². The van der Waals surface area contributed by atoms with E-state index in [0.29, 0.717) is 11.3 Å². The van der Waals surface area contributed by atoms with Gasteiger partial charge in [0.15, 0.2) is 0 Å². The molecule has 0 aliphatic carbocycles. The lowest BCUT2D eigenvalue weighted by molar-refractivity contribution is 0.282. The molecule has 4 heteroatoms. The first-order valence-electron chi connectivity index (χ1n) is 6.36. The van der Waals surface area contributed by atoms with Crippen LogP contribution in [0.5, 0.6) is 11.5 Å². The highest BCUT2D eigenvalue weighted by molar-refractivity contribution is 6.09. The molecule has 0 aliphatic heterocycles. The Kier molecular flexibility index (Phi) is 3.03. The molecule has 0 aliphatic rings. The molecule has 0 atom stereocenters. The average molecular weight is 272 g/mol. The second-order valence-corrected chi connectivity index (χ2v) is 4.74. The van der Waals surface area contributed by atoms with E-state index in [2.05, 4.69) is 0 Å². The van der Waals surface area contributed by atoms with E-state index in [0.717, 1.165) is 33.2 Å². The first kappa shape index (κ1) is 12.8. The molecule has 0 bridgehead atoms. The first-order chi connectivity index (χ1) is 9.67. The van der Waals surface area contributed by atoms with Gasteiger partial charge in [-0.1, -0.05) is 0 Å². The molecule has 0 radical (unpaired) electrons. The van der Waals surface area contributed by atoms with Crippen LogP contribution < -0.4 is 9.47 Å².